The number of hydrogen-bond acceptors (Lipinski definition) is 4. The third-order valence-corrected chi connectivity index (χ3v) is 3.48. The number of fused-ring (bicyclic) bond motifs is 3. The van der Waals surface area contributed by atoms with Crippen molar-refractivity contribution in [2.75, 3.05) is 6.61 Å². The number of benzene rings is 1. The highest BCUT2D eigenvalue weighted by Crippen LogP contribution is 2.29. The molecule has 1 N–H and O–H groups in total. The minimum atomic E-state index is -0.428. The van der Waals surface area contributed by atoms with Gasteiger partial charge in [0.05, 0.1) is 30.0 Å². The van der Waals surface area contributed by atoms with E-state index < -0.39 is 5.97 Å². The van der Waals surface area contributed by atoms with Gasteiger partial charge >= 0.3 is 5.97 Å². The number of hydrogen-bond donors (Lipinski definition) is 1. The summed E-state index contributed by atoms with van der Waals surface area (Å²) in [6.07, 6.45) is 1.63. The number of rotatable bonds is 2. The van der Waals surface area contributed by atoms with Crippen LogP contribution in [0.15, 0.2) is 24.4 Å². The van der Waals surface area contributed by atoms with E-state index in [1.54, 1.807) is 19.2 Å². The van der Waals surface area contributed by atoms with Gasteiger partial charge in [-0.15, -0.1) is 0 Å². The van der Waals surface area contributed by atoms with Crippen molar-refractivity contribution in [3.05, 3.63) is 41.2 Å². The zero-order chi connectivity index (χ0) is 15.0. The number of aryl methyl sites for hydroxylation is 1. The van der Waals surface area contributed by atoms with Crippen LogP contribution in [0.5, 0.6) is 0 Å². The average molecular weight is 279 g/mol. The highest BCUT2D eigenvalue weighted by atomic mass is 16.5. The van der Waals surface area contributed by atoms with Crippen molar-refractivity contribution >= 4 is 27.8 Å². The molecule has 2 aromatic heterocycles. The summed E-state index contributed by atoms with van der Waals surface area (Å²) < 4.78 is 5.03. The molecule has 0 radical (unpaired) electrons. The molecule has 0 aliphatic heterocycles. The van der Waals surface area contributed by atoms with E-state index in [1.807, 2.05) is 19.1 Å². The van der Waals surface area contributed by atoms with Crippen LogP contribution >= 0.6 is 0 Å². The van der Waals surface area contributed by atoms with Gasteiger partial charge in [0.15, 0.2) is 5.69 Å². The van der Waals surface area contributed by atoms with Crippen LogP contribution in [0.4, 0.5) is 0 Å². The fraction of sp³-hybridized carbons (Fsp3) is 0.188. The molecule has 21 heavy (non-hydrogen) atoms. The number of nitrogens with zero attached hydrogens (tertiary/aromatic N) is 2. The van der Waals surface area contributed by atoms with Crippen LogP contribution < -0.4 is 0 Å². The van der Waals surface area contributed by atoms with E-state index in [0.717, 1.165) is 27.4 Å². The molecule has 0 saturated heterocycles. The highest BCUT2D eigenvalue weighted by Gasteiger charge is 2.17. The van der Waals surface area contributed by atoms with E-state index in [9.17, 15) is 4.79 Å². The maximum atomic E-state index is 11.9. The Morgan fingerprint density at radius 2 is 2.24 bits per heavy atom. The van der Waals surface area contributed by atoms with Crippen molar-refractivity contribution in [3.63, 3.8) is 0 Å². The molecule has 1 aromatic carbocycles. The van der Waals surface area contributed by atoms with E-state index in [2.05, 4.69) is 16.0 Å². The normalized spacial score (nSPS) is 10.7. The summed E-state index contributed by atoms with van der Waals surface area (Å²) in [7, 11) is 0. The van der Waals surface area contributed by atoms with Gasteiger partial charge in [0.2, 0.25) is 0 Å². The third kappa shape index (κ3) is 2.01. The van der Waals surface area contributed by atoms with Crippen molar-refractivity contribution in [2.45, 2.75) is 13.8 Å². The summed E-state index contributed by atoms with van der Waals surface area (Å²) in [5, 5.41) is 10.9. The Morgan fingerprint density at radius 3 is 2.95 bits per heavy atom. The molecule has 3 aromatic rings. The largest absolute Gasteiger partial charge is 0.461 e. The van der Waals surface area contributed by atoms with E-state index >= 15 is 0 Å². The lowest BCUT2D eigenvalue weighted by Crippen LogP contribution is -2.09. The van der Waals surface area contributed by atoms with Gasteiger partial charge in [-0.1, -0.05) is 0 Å². The Labute approximate surface area is 121 Å². The number of pyridine rings is 1. The molecular formula is C16H13N3O2. The van der Waals surface area contributed by atoms with Crippen molar-refractivity contribution in [3.8, 4) is 6.07 Å². The molecule has 5 nitrogen and oxygen atoms in total. The monoisotopic (exact) mass is 279 g/mol. The van der Waals surface area contributed by atoms with Crippen LogP contribution in [0, 0.1) is 18.3 Å². The number of nitrogens with one attached hydrogen (secondary N) is 1. The van der Waals surface area contributed by atoms with E-state index in [-0.39, 0.29) is 0 Å². The molecule has 0 amide bonds. The lowest BCUT2D eigenvalue weighted by atomic mass is 10.1. The second kappa shape index (κ2) is 4.91. The number of esters is 1. The summed E-state index contributed by atoms with van der Waals surface area (Å²) in [5.41, 5.74) is 3.40. The van der Waals surface area contributed by atoms with Gasteiger partial charge < -0.3 is 9.72 Å². The number of carbonyl (C=O) groups is 1. The zero-order valence-electron chi connectivity index (χ0n) is 11.7. The Kier molecular flexibility index (Phi) is 3.07. The second-order valence-corrected chi connectivity index (χ2v) is 4.74. The Hall–Kier alpha value is -2.87. The number of carbonyl (C=O) groups excluding carboxylic acids is 1. The van der Waals surface area contributed by atoms with Gasteiger partial charge in [0.1, 0.15) is 0 Å². The molecule has 0 aliphatic carbocycles. The number of aromatic nitrogens is 2. The first-order valence-corrected chi connectivity index (χ1v) is 6.64. The van der Waals surface area contributed by atoms with Gasteiger partial charge in [-0.25, -0.2) is 9.78 Å². The van der Waals surface area contributed by atoms with Crippen LogP contribution in [0.3, 0.4) is 0 Å². The summed E-state index contributed by atoms with van der Waals surface area (Å²) >= 11 is 0. The number of H-pyrrole nitrogens is 1. The average Bonchev–Trinajstić information content (AvgIpc) is 2.85. The van der Waals surface area contributed by atoms with E-state index in [4.69, 9.17) is 10.00 Å². The number of ether oxygens (including phenoxy) is 1. The lowest BCUT2D eigenvalue weighted by molar-refractivity contribution is 0.0519. The Bertz CT molecular complexity index is 903. The minimum absolute atomic E-state index is 0.310. The molecule has 0 spiro atoms. The molecular weight excluding hydrogens is 266 g/mol. The van der Waals surface area contributed by atoms with Crippen molar-refractivity contribution in [1.82, 2.24) is 9.97 Å². The lowest BCUT2D eigenvalue weighted by Gasteiger charge is -2.05. The third-order valence-electron chi connectivity index (χ3n) is 3.48. The van der Waals surface area contributed by atoms with Crippen molar-refractivity contribution in [2.24, 2.45) is 0 Å². The molecule has 3 rings (SSSR count). The number of aromatic amines is 1. The molecule has 5 heteroatoms. The van der Waals surface area contributed by atoms with Gasteiger partial charge in [0, 0.05) is 16.3 Å². The SMILES string of the molecule is CCOC(=O)c1ncc2[nH]c3ccc(C#N)cc3c2c1C. The molecule has 0 saturated carbocycles. The fourth-order valence-corrected chi connectivity index (χ4v) is 2.53. The second-order valence-electron chi connectivity index (χ2n) is 4.74. The first-order valence-electron chi connectivity index (χ1n) is 6.64. The highest BCUT2D eigenvalue weighted by molar-refractivity contribution is 6.11. The first kappa shape index (κ1) is 13.1. The van der Waals surface area contributed by atoms with Crippen molar-refractivity contribution in [1.29, 1.82) is 5.26 Å². The molecule has 0 atom stereocenters. The Balaban J connectivity index is 2.33. The molecule has 0 unspecified atom stereocenters. The van der Waals surface area contributed by atoms with Gasteiger partial charge in [-0.05, 0) is 37.6 Å². The van der Waals surface area contributed by atoms with Crippen molar-refractivity contribution < 1.29 is 9.53 Å². The minimum Gasteiger partial charge on any atom is -0.461 e. The molecule has 0 fully saturated rings. The zero-order valence-corrected chi connectivity index (χ0v) is 11.7. The van der Waals surface area contributed by atoms with Crippen LogP contribution in [-0.4, -0.2) is 22.5 Å². The van der Waals surface area contributed by atoms with Crippen LogP contribution in [-0.2, 0) is 4.74 Å². The van der Waals surface area contributed by atoms with Crippen LogP contribution in [0.1, 0.15) is 28.5 Å². The molecule has 0 bridgehead atoms. The first-order chi connectivity index (χ1) is 10.2. The van der Waals surface area contributed by atoms with E-state index in [0.29, 0.717) is 17.9 Å². The Morgan fingerprint density at radius 1 is 1.43 bits per heavy atom. The maximum absolute atomic E-state index is 11.9. The smallest absolute Gasteiger partial charge is 0.357 e. The quantitative estimate of drug-likeness (QED) is 0.731. The predicted molar refractivity (Wildman–Crippen MR) is 79.0 cm³/mol. The van der Waals surface area contributed by atoms with Gasteiger partial charge in [0.25, 0.3) is 0 Å². The van der Waals surface area contributed by atoms with Gasteiger partial charge in [-0.3, -0.25) is 0 Å². The summed E-state index contributed by atoms with van der Waals surface area (Å²) in [5.74, 6) is -0.428. The molecule has 2 heterocycles. The molecule has 104 valence electrons. The van der Waals surface area contributed by atoms with Gasteiger partial charge in [-0.2, -0.15) is 5.26 Å². The topological polar surface area (TPSA) is 78.8 Å². The van der Waals surface area contributed by atoms with E-state index in [1.165, 1.54) is 0 Å². The fourth-order valence-electron chi connectivity index (χ4n) is 2.53. The standard InChI is InChI=1S/C16H13N3O2/c1-3-21-16(20)15-9(2)14-11-6-10(7-17)4-5-12(11)19-13(14)8-18-15/h4-6,8,19H,3H2,1-2H3. The summed E-state index contributed by atoms with van der Waals surface area (Å²) in [6.45, 7) is 3.91. The summed E-state index contributed by atoms with van der Waals surface area (Å²) in [4.78, 5) is 19.4. The predicted octanol–water partition coefficient (Wildman–Crippen LogP) is 3.07. The van der Waals surface area contributed by atoms with Crippen LogP contribution in [0.25, 0.3) is 21.8 Å². The summed E-state index contributed by atoms with van der Waals surface area (Å²) in [6, 6.07) is 7.56. The molecule has 0 aliphatic rings. The maximum Gasteiger partial charge on any atom is 0.357 e. The number of nitriles is 1. The van der Waals surface area contributed by atoms with Crippen LogP contribution in [0.2, 0.25) is 0 Å².